The maximum absolute atomic E-state index is 8.65. The van der Waals surface area contributed by atoms with E-state index in [4.69, 9.17) is 7.16 Å². The first-order valence-electron chi connectivity index (χ1n) is 18.5. The summed E-state index contributed by atoms with van der Waals surface area (Å²) in [4.78, 5) is 17.7. The van der Waals surface area contributed by atoms with E-state index in [0.717, 1.165) is 38.7 Å². The smallest absolute Gasteiger partial charge is 0.501 e. The summed E-state index contributed by atoms with van der Waals surface area (Å²) in [5.74, 6) is 1.95. The molecule has 4 aromatic heterocycles. The molecule has 0 spiro atoms. The van der Waals surface area contributed by atoms with Crippen LogP contribution in [0.3, 0.4) is 0 Å². The summed E-state index contributed by atoms with van der Waals surface area (Å²) in [5.41, 5.74) is 7.90. The van der Waals surface area contributed by atoms with Crippen LogP contribution in [0.5, 0.6) is 0 Å². The van der Waals surface area contributed by atoms with Gasteiger partial charge in [-0.25, -0.2) is 15.0 Å². The van der Waals surface area contributed by atoms with Gasteiger partial charge in [-0.05, 0) is 61.3 Å². The number of imidazole rings is 1. The Kier molecular flexibility index (Phi) is 9.61. The monoisotopic (exact) mass is 885 g/mol. The molecule has 0 saturated heterocycles. The predicted octanol–water partition coefficient (Wildman–Crippen LogP) is 10.0. The standard InChI is InChI=1S/C27H25N4O.C19H13N2.Ir/c1-16-29-17(2)31-26(30-16)19-9-10-20-21-7-6-8-22(25(21)32-24(20)14-19)23-13-18(11-12-28-23)15-27(3,4)5;1-3-9-16(10-4-1)20-15-21(17-11-5-2-6-12-17)19-14-8-7-13-18(19)20;/h6-7,9-14H,15H2,1-5H3;1-11,13-14H;/q2*-1;+3/i15D2;;. The molecule has 9 aromatic rings. The van der Waals surface area contributed by atoms with Gasteiger partial charge in [0.05, 0.1) is 22.3 Å². The Labute approximate surface area is 331 Å². The third-order valence-electron chi connectivity index (χ3n) is 8.60. The molecule has 0 N–H and O–H groups in total. The molecular formula is C46H38IrN6O+. The topological polar surface area (TPSA) is 73.5 Å². The molecule has 0 aliphatic rings. The number of aromatic nitrogens is 6. The van der Waals surface area contributed by atoms with Crippen LogP contribution in [0.1, 0.15) is 40.7 Å². The van der Waals surface area contributed by atoms with Crippen LogP contribution in [0.15, 0.2) is 132 Å². The fourth-order valence-electron chi connectivity index (χ4n) is 6.42. The van der Waals surface area contributed by atoms with Crippen molar-refractivity contribution < 1.29 is 31.8 Å². The molecule has 9 rings (SSSR count). The normalized spacial score (nSPS) is 12.2. The van der Waals surface area contributed by atoms with Crippen LogP contribution in [0.25, 0.3) is 67.0 Å². The Balaban J connectivity index is 0.000000187. The SMILES string of the molecule is [2H]C([2H])(c1ccnc(-c2[c-]ccc3c2oc2cc(-c4nc(C)nc(C)n4)ccc23)c1)C(C)(C)C.[Ir+3].[c-]1ccccc1-[n+]1[c-]n(-c2ccccc2)c2ccccc21. The van der Waals surface area contributed by atoms with Crippen LogP contribution in [-0.2, 0) is 26.5 Å². The molecule has 0 atom stereocenters. The van der Waals surface area contributed by atoms with Gasteiger partial charge in [0.15, 0.2) is 5.82 Å². The second kappa shape index (κ2) is 15.3. The van der Waals surface area contributed by atoms with Crippen molar-refractivity contribution in [2.45, 2.75) is 41.0 Å². The van der Waals surface area contributed by atoms with Crippen molar-refractivity contribution in [1.82, 2.24) is 24.5 Å². The van der Waals surface area contributed by atoms with Gasteiger partial charge in [-0.3, -0.25) is 4.57 Å². The molecule has 0 saturated carbocycles. The minimum absolute atomic E-state index is 0. The van der Waals surface area contributed by atoms with Crippen molar-refractivity contribution in [3.8, 4) is 34.0 Å². The van der Waals surface area contributed by atoms with Crippen molar-refractivity contribution in [2.75, 3.05) is 0 Å². The van der Waals surface area contributed by atoms with Gasteiger partial charge >= 0.3 is 20.1 Å². The average Bonchev–Trinajstić information content (AvgIpc) is 3.77. The van der Waals surface area contributed by atoms with Crippen LogP contribution in [0.2, 0.25) is 0 Å². The van der Waals surface area contributed by atoms with Gasteiger partial charge in [0.1, 0.15) is 17.2 Å². The minimum Gasteiger partial charge on any atom is -0.501 e. The molecule has 7 nitrogen and oxygen atoms in total. The molecule has 0 aliphatic carbocycles. The molecule has 5 aromatic carbocycles. The van der Waals surface area contributed by atoms with Gasteiger partial charge in [-0.15, -0.1) is 18.2 Å². The van der Waals surface area contributed by atoms with E-state index in [0.29, 0.717) is 45.5 Å². The molecule has 4 heterocycles. The molecule has 8 heteroatoms. The molecule has 0 amide bonds. The number of furan rings is 1. The summed E-state index contributed by atoms with van der Waals surface area (Å²) >= 11 is 0. The summed E-state index contributed by atoms with van der Waals surface area (Å²) in [5, 5.41) is 1.92. The summed E-state index contributed by atoms with van der Waals surface area (Å²) in [7, 11) is 0. The molecule has 266 valence electrons. The fourth-order valence-corrected chi connectivity index (χ4v) is 6.42. The van der Waals surface area contributed by atoms with Gasteiger partial charge in [0, 0.05) is 19.9 Å². The van der Waals surface area contributed by atoms with E-state index < -0.39 is 11.8 Å². The van der Waals surface area contributed by atoms with Crippen LogP contribution < -0.4 is 4.57 Å². The van der Waals surface area contributed by atoms with Crippen molar-refractivity contribution >= 4 is 33.0 Å². The quantitative estimate of drug-likeness (QED) is 0.127. The van der Waals surface area contributed by atoms with E-state index in [1.807, 2.05) is 118 Å². The van der Waals surface area contributed by atoms with Crippen molar-refractivity contribution in [2.24, 2.45) is 5.41 Å². The summed E-state index contributed by atoms with van der Waals surface area (Å²) < 4.78 is 27.7. The largest absolute Gasteiger partial charge is 3.00 e. The Morgan fingerprint density at radius 2 is 1.54 bits per heavy atom. The summed E-state index contributed by atoms with van der Waals surface area (Å²) in [6.45, 7) is 9.39. The number of benzene rings is 5. The van der Waals surface area contributed by atoms with E-state index in [9.17, 15) is 0 Å². The number of nitrogens with zero attached hydrogens (tertiary/aromatic N) is 6. The zero-order chi connectivity index (χ0) is 38.3. The third kappa shape index (κ3) is 7.63. The molecule has 0 unspecified atom stereocenters. The van der Waals surface area contributed by atoms with E-state index in [2.05, 4.69) is 73.3 Å². The Hall–Kier alpha value is -5.82. The van der Waals surface area contributed by atoms with Gasteiger partial charge in [-0.1, -0.05) is 97.9 Å². The van der Waals surface area contributed by atoms with Gasteiger partial charge in [0.2, 0.25) is 0 Å². The number of rotatable bonds is 5. The molecule has 0 aliphatic heterocycles. The van der Waals surface area contributed by atoms with Crippen LogP contribution >= 0.6 is 0 Å². The number of hydrogen-bond donors (Lipinski definition) is 0. The molecular weight excluding hydrogens is 845 g/mol. The number of pyridine rings is 1. The van der Waals surface area contributed by atoms with E-state index in [1.165, 1.54) is 0 Å². The Bertz CT molecular complexity index is 2720. The Morgan fingerprint density at radius 3 is 2.30 bits per heavy atom. The van der Waals surface area contributed by atoms with Crippen LogP contribution in [0, 0.1) is 37.7 Å². The third-order valence-corrected chi connectivity index (χ3v) is 8.60. The van der Waals surface area contributed by atoms with E-state index in [1.54, 1.807) is 18.3 Å². The number of aryl methyl sites for hydroxylation is 2. The van der Waals surface area contributed by atoms with Crippen LogP contribution in [0.4, 0.5) is 0 Å². The number of fused-ring (bicyclic) bond motifs is 4. The number of para-hydroxylation sites is 4. The van der Waals surface area contributed by atoms with Crippen molar-refractivity contribution in [3.05, 3.63) is 163 Å². The summed E-state index contributed by atoms with van der Waals surface area (Å²) in [6.07, 6.45) is 3.54. The van der Waals surface area contributed by atoms with E-state index >= 15 is 0 Å². The van der Waals surface area contributed by atoms with Crippen molar-refractivity contribution in [3.63, 3.8) is 0 Å². The first-order chi connectivity index (χ1) is 26.5. The Morgan fingerprint density at radius 1 is 0.778 bits per heavy atom. The molecule has 0 bridgehead atoms. The predicted molar refractivity (Wildman–Crippen MR) is 210 cm³/mol. The zero-order valence-electron chi connectivity index (χ0n) is 32.5. The van der Waals surface area contributed by atoms with E-state index in [-0.39, 0.29) is 20.1 Å². The average molecular weight is 885 g/mol. The minimum atomic E-state index is -1.53. The molecule has 0 radical (unpaired) electrons. The second-order valence-corrected chi connectivity index (χ2v) is 13.8. The van der Waals surface area contributed by atoms with Crippen molar-refractivity contribution in [1.29, 1.82) is 0 Å². The molecule has 54 heavy (non-hydrogen) atoms. The van der Waals surface area contributed by atoms with Gasteiger partial charge in [0.25, 0.3) is 6.33 Å². The first kappa shape index (κ1) is 34.0. The maximum atomic E-state index is 8.65. The second-order valence-electron chi connectivity index (χ2n) is 13.8. The molecule has 0 fully saturated rings. The van der Waals surface area contributed by atoms with Gasteiger partial charge < -0.3 is 14.0 Å². The fraction of sp³-hybridized carbons (Fsp3) is 0.152. The first-order valence-corrected chi connectivity index (χ1v) is 17.5. The zero-order valence-corrected chi connectivity index (χ0v) is 32.9. The van der Waals surface area contributed by atoms with Crippen LogP contribution in [-0.4, -0.2) is 24.5 Å². The van der Waals surface area contributed by atoms with Gasteiger partial charge in [-0.2, -0.15) is 30.3 Å². The summed E-state index contributed by atoms with van der Waals surface area (Å²) in [6, 6.07) is 46.3. The maximum Gasteiger partial charge on any atom is 3.00 e. The number of hydrogen-bond acceptors (Lipinski definition) is 5.